The van der Waals surface area contributed by atoms with Gasteiger partial charge >= 0.3 is 12.1 Å². The Bertz CT molecular complexity index is 1210. The van der Waals surface area contributed by atoms with Crippen LogP contribution in [0, 0.1) is 0 Å². The summed E-state index contributed by atoms with van der Waals surface area (Å²) in [5.74, 6) is -3.78. The first-order valence-corrected chi connectivity index (χ1v) is 9.65. The largest absolute Gasteiger partial charge is 0.490 e. The molecule has 0 bridgehead atoms. The van der Waals surface area contributed by atoms with Crippen molar-refractivity contribution in [1.82, 2.24) is 9.88 Å². The predicted octanol–water partition coefficient (Wildman–Crippen LogP) is 3.76. The van der Waals surface area contributed by atoms with E-state index in [1.807, 2.05) is 0 Å². The highest BCUT2D eigenvalue weighted by Gasteiger charge is 2.38. The molecule has 0 radical (unpaired) electrons. The Morgan fingerprint density at radius 1 is 0.882 bits per heavy atom. The molecule has 0 fully saturated rings. The Labute approximate surface area is 190 Å². The third kappa shape index (κ3) is 5.44. The van der Waals surface area contributed by atoms with Crippen LogP contribution in [0.15, 0.2) is 72.9 Å². The van der Waals surface area contributed by atoms with Crippen LogP contribution < -0.4 is 5.32 Å². The molecule has 0 saturated carbocycles. The molecule has 8 nitrogen and oxygen atoms in total. The van der Waals surface area contributed by atoms with E-state index in [0.29, 0.717) is 22.4 Å². The second-order valence-electron chi connectivity index (χ2n) is 6.87. The zero-order chi connectivity index (χ0) is 24.9. The molecular weight excluding hydrogens is 455 g/mol. The van der Waals surface area contributed by atoms with Gasteiger partial charge in [0.05, 0.1) is 17.7 Å². The molecule has 4 rings (SSSR count). The Morgan fingerprint density at radius 3 is 1.94 bits per heavy atom. The fourth-order valence-electron chi connectivity index (χ4n) is 3.02. The van der Waals surface area contributed by atoms with E-state index in [1.165, 1.54) is 4.90 Å². The second-order valence-corrected chi connectivity index (χ2v) is 6.87. The average molecular weight is 471 g/mol. The molecule has 1 aromatic heterocycles. The minimum absolute atomic E-state index is 0.0744. The summed E-state index contributed by atoms with van der Waals surface area (Å²) in [6.07, 6.45) is -3.54. The summed E-state index contributed by atoms with van der Waals surface area (Å²) < 4.78 is 31.7. The van der Waals surface area contributed by atoms with E-state index < -0.39 is 12.1 Å². The molecule has 0 atom stereocenters. The number of pyridine rings is 1. The summed E-state index contributed by atoms with van der Waals surface area (Å²) in [5, 5.41) is 9.93. The van der Waals surface area contributed by atoms with Gasteiger partial charge in [0.15, 0.2) is 0 Å². The molecule has 0 aliphatic carbocycles. The molecule has 0 saturated heterocycles. The number of rotatable bonds is 4. The quantitative estimate of drug-likeness (QED) is 0.560. The van der Waals surface area contributed by atoms with Crippen LogP contribution in [0.3, 0.4) is 0 Å². The first-order valence-electron chi connectivity index (χ1n) is 9.65. The number of amides is 3. The maximum atomic E-state index is 12.6. The maximum absolute atomic E-state index is 12.6. The van der Waals surface area contributed by atoms with Crippen molar-refractivity contribution in [3.05, 3.63) is 95.3 Å². The van der Waals surface area contributed by atoms with Crippen LogP contribution in [0.25, 0.3) is 0 Å². The van der Waals surface area contributed by atoms with E-state index in [-0.39, 0.29) is 30.0 Å². The second kappa shape index (κ2) is 9.94. The number of carbonyl (C=O) groups is 4. The third-order valence-electron chi connectivity index (χ3n) is 4.61. The highest BCUT2D eigenvalue weighted by atomic mass is 19.4. The predicted molar refractivity (Wildman–Crippen MR) is 113 cm³/mol. The summed E-state index contributed by atoms with van der Waals surface area (Å²) in [4.78, 5) is 51.7. The monoisotopic (exact) mass is 471 g/mol. The van der Waals surface area contributed by atoms with Crippen LogP contribution in [0.5, 0.6) is 0 Å². The third-order valence-corrected chi connectivity index (χ3v) is 4.61. The molecule has 3 amide bonds. The van der Waals surface area contributed by atoms with E-state index in [9.17, 15) is 27.6 Å². The molecule has 2 aromatic carbocycles. The summed E-state index contributed by atoms with van der Waals surface area (Å²) in [5.41, 5.74) is 2.28. The number of carboxylic acids is 1. The number of para-hydroxylation sites is 1. The molecule has 1 aliphatic heterocycles. The summed E-state index contributed by atoms with van der Waals surface area (Å²) in [6, 6.07) is 18.9. The highest BCUT2D eigenvalue weighted by molar-refractivity contribution is 6.21. The normalized spacial score (nSPS) is 12.5. The Balaban J connectivity index is 0.000000406. The molecule has 34 heavy (non-hydrogen) atoms. The average Bonchev–Trinajstić information content (AvgIpc) is 3.05. The number of halogens is 3. The van der Waals surface area contributed by atoms with Crippen molar-refractivity contribution in [2.45, 2.75) is 12.7 Å². The van der Waals surface area contributed by atoms with Gasteiger partial charge in [-0.2, -0.15) is 13.2 Å². The van der Waals surface area contributed by atoms with Gasteiger partial charge < -0.3 is 10.4 Å². The Hall–Kier alpha value is -4.54. The van der Waals surface area contributed by atoms with Gasteiger partial charge in [0.1, 0.15) is 5.69 Å². The first kappa shape index (κ1) is 24.1. The number of fused-ring (bicyclic) bond motifs is 1. The minimum atomic E-state index is -5.08. The van der Waals surface area contributed by atoms with E-state index in [0.717, 1.165) is 0 Å². The van der Waals surface area contributed by atoms with E-state index in [2.05, 4.69) is 10.3 Å². The summed E-state index contributed by atoms with van der Waals surface area (Å²) >= 11 is 0. The van der Waals surface area contributed by atoms with Gasteiger partial charge in [0.25, 0.3) is 17.7 Å². The van der Waals surface area contributed by atoms with Gasteiger partial charge in [-0.25, -0.2) is 4.79 Å². The van der Waals surface area contributed by atoms with Crippen molar-refractivity contribution in [2.24, 2.45) is 0 Å². The lowest BCUT2D eigenvalue weighted by Gasteiger charge is -2.17. The number of carbonyl (C=O) groups excluding carboxylic acids is 3. The number of hydrogen-bond acceptors (Lipinski definition) is 5. The summed E-state index contributed by atoms with van der Waals surface area (Å²) in [6.45, 7) is 0.0744. The van der Waals surface area contributed by atoms with Crippen molar-refractivity contribution >= 4 is 29.4 Å². The van der Waals surface area contributed by atoms with Gasteiger partial charge in [0, 0.05) is 11.9 Å². The number of nitrogens with zero attached hydrogens (tertiary/aromatic N) is 2. The number of aromatic nitrogens is 1. The summed E-state index contributed by atoms with van der Waals surface area (Å²) in [7, 11) is 0. The lowest BCUT2D eigenvalue weighted by Crippen LogP contribution is -2.29. The van der Waals surface area contributed by atoms with Crippen molar-refractivity contribution in [1.29, 1.82) is 0 Å². The van der Waals surface area contributed by atoms with Crippen molar-refractivity contribution in [2.75, 3.05) is 5.32 Å². The number of benzene rings is 2. The molecule has 3 aromatic rings. The number of nitrogens with one attached hydrogen (secondary N) is 1. The highest BCUT2D eigenvalue weighted by Crippen LogP contribution is 2.26. The zero-order valence-corrected chi connectivity index (χ0v) is 17.2. The zero-order valence-electron chi connectivity index (χ0n) is 17.2. The molecular formula is C23H16F3N3O5. The van der Waals surface area contributed by atoms with Gasteiger partial charge in [-0.3, -0.25) is 24.3 Å². The number of aliphatic carboxylic acids is 1. The molecule has 2 N–H and O–H groups in total. The first-order chi connectivity index (χ1) is 16.1. The molecule has 0 unspecified atom stereocenters. The van der Waals surface area contributed by atoms with Crippen LogP contribution in [0.4, 0.5) is 18.9 Å². The van der Waals surface area contributed by atoms with Crippen LogP contribution in [-0.4, -0.2) is 44.9 Å². The smallest absolute Gasteiger partial charge is 0.475 e. The van der Waals surface area contributed by atoms with Crippen LogP contribution in [-0.2, 0) is 11.3 Å². The van der Waals surface area contributed by atoms with Crippen LogP contribution >= 0.6 is 0 Å². The molecule has 11 heteroatoms. The number of imide groups is 1. The Kier molecular flexibility index (Phi) is 7.05. The fourth-order valence-corrected chi connectivity index (χ4v) is 3.02. The van der Waals surface area contributed by atoms with E-state index in [1.54, 1.807) is 72.9 Å². The molecule has 2 heterocycles. The van der Waals surface area contributed by atoms with Gasteiger partial charge in [0.2, 0.25) is 0 Å². The topological polar surface area (TPSA) is 117 Å². The van der Waals surface area contributed by atoms with Gasteiger partial charge in [-0.05, 0) is 35.9 Å². The number of carboxylic acid groups (broad SMARTS) is 1. The molecule has 0 spiro atoms. The van der Waals surface area contributed by atoms with Crippen LogP contribution in [0.1, 0.15) is 36.8 Å². The van der Waals surface area contributed by atoms with E-state index >= 15 is 0 Å². The van der Waals surface area contributed by atoms with Crippen molar-refractivity contribution in [3.63, 3.8) is 0 Å². The Morgan fingerprint density at radius 2 is 1.41 bits per heavy atom. The molecule has 1 aliphatic rings. The van der Waals surface area contributed by atoms with Gasteiger partial charge in [-0.15, -0.1) is 0 Å². The fraction of sp³-hybridized carbons (Fsp3) is 0.0870. The lowest BCUT2D eigenvalue weighted by molar-refractivity contribution is -0.192. The number of alkyl halides is 3. The number of anilines is 1. The SMILES string of the molecule is O=C(Nc1ccccc1CN1C(=O)c2ccccc2C1=O)c1ccccn1.O=C(O)C(F)(F)F. The lowest BCUT2D eigenvalue weighted by atomic mass is 10.1. The standard InChI is InChI=1S/C21H15N3O3.C2HF3O2/c25-19(18-11-5-6-12-22-18)23-17-10-4-1-7-14(17)13-24-20(26)15-8-2-3-9-16(15)21(24)27;3-2(4,5)1(6)7/h1-12H,13H2,(H,23,25);(H,6,7). The molecule has 174 valence electrons. The van der Waals surface area contributed by atoms with Crippen LogP contribution in [0.2, 0.25) is 0 Å². The van der Waals surface area contributed by atoms with Crippen molar-refractivity contribution < 1.29 is 37.5 Å². The van der Waals surface area contributed by atoms with Gasteiger partial charge in [-0.1, -0.05) is 36.4 Å². The minimum Gasteiger partial charge on any atom is -0.475 e. The van der Waals surface area contributed by atoms with E-state index in [4.69, 9.17) is 9.90 Å². The number of hydrogen-bond donors (Lipinski definition) is 2. The maximum Gasteiger partial charge on any atom is 0.490 e. The van der Waals surface area contributed by atoms with Crippen molar-refractivity contribution in [3.8, 4) is 0 Å².